The molecule has 0 aliphatic carbocycles. The molecule has 0 aromatic heterocycles. The Morgan fingerprint density at radius 3 is 2.21 bits per heavy atom. The molecule has 1 unspecified atom stereocenters. The molecule has 1 rings (SSSR count). The van der Waals surface area contributed by atoms with Gasteiger partial charge < -0.3 is 4.84 Å². The Bertz CT molecular complexity index is 456. The fourth-order valence-corrected chi connectivity index (χ4v) is 2.65. The van der Waals surface area contributed by atoms with E-state index >= 15 is 0 Å². The van der Waals surface area contributed by atoms with Gasteiger partial charge in [0.05, 0.1) is 6.21 Å². The molecule has 0 saturated carbocycles. The monoisotopic (exact) mass is 331 g/mol. The molecule has 1 aromatic carbocycles. The van der Waals surface area contributed by atoms with Gasteiger partial charge in [0.2, 0.25) is 0 Å². The normalized spacial score (nSPS) is 12.4. The van der Waals surface area contributed by atoms with E-state index in [1.54, 1.807) is 6.21 Å². The third-order valence-corrected chi connectivity index (χ3v) is 4.25. The van der Waals surface area contributed by atoms with Crippen LogP contribution in [-0.2, 0) is 9.63 Å². The molecule has 3 heteroatoms. The number of hydrogen-bond donors (Lipinski definition) is 0. The zero-order valence-corrected chi connectivity index (χ0v) is 15.4. The topological polar surface area (TPSA) is 38.7 Å². The van der Waals surface area contributed by atoms with Gasteiger partial charge in [0, 0.05) is 12.3 Å². The van der Waals surface area contributed by atoms with Crippen molar-refractivity contribution >= 4 is 12.2 Å². The summed E-state index contributed by atoms with van der Waals surface area (Å²) in [5.41, 5.74) is 1.16. The van der Waals surface area contributed by atoms with Gasteiger partial charge in [0.25, 0.3) is 0 Å². The molecule has 0 spiro atoms. The van der Waals surface area contributed by atoms with Crippen LogP contribution in [0.5, 0.6) is 0 Å². The van der Waals surface area contributed by atoms with E-state index in [0.29, 0.717) is 6.42 Å². The molecular formula is C21H33NO2. The zero-order valence-electron chi connectivity index (χ0n) is 15.4. The molecule has 134 valence electrons. The first-order chi connectivity index (χ1) is 11.7. The summed E-state index contributed by atoms with van der Waals surface area (Å²) in [5, 5.41) is 3.83. The summed E-state index contributed by atoms with van der Waals surface area (Å²) in [7, 11) is 0. The Labute approximate surface area is 147 Å². The predicted molar refractivity (Wildman–Crippen MR) is 101 cm³/mol. The van der Waals surface area contributed by atoms with E-state index in [9.17, 15) is 4.79 Å². The lowest BCUT2D eigenvalue weighted by molar-refractivity contribution is -0.143. The van der Waals surface area contributed by atoms with Crippen LogP contribution in [0.1, 0.15) is 89.5 Å². The molecule has 0 fully saturated rings. The second-order valence-electron chi connectivity index (χ2n) is 6.50. The molecule has 0 N–H and O–H groups in total. The molecule has 0 saturated heterocycles. The maximum absolute atomic E-state index is 11.6. The lowest BCUT2D eigenvalue weighted by atomic mass is 10.0. The average Bonchev–Trinajstić information content (AvgIpc) is 2.61. The average molecular weight is 332 g/mol. The second-order valence-corrected chi connectivity index (χ2v) is 6.50. The lowest BCUT2D eigenvalue weighted by Gasteiger charge is -2.04. The van der Waals surface area contributed by atoms with E-state index in [1.807, 2.05) is 37.3 Å². The summed E-state index contributed by atoms with van der Waals surface area (Å²) < 4.78 is 0. The third-order valence-electron chi connectivity index (χ3n) is 4.25. The minimum atomic E-state index is -0.227. The summed E-state index contributed by atoms with van der Waals surface area (Å²) in [5.74, 6) is -0.0823. The van der Waals surface area contributed by atoms with Crippen molar-refractivity contribution in [2.24, 2.45) is 5.16 Å². The van der Waals surface area contributed by atoms with Crippen LogP contribution in [0.4, 0.5) is 0 Å². The van der Waals surface area contributed by atoms with Crippen LogP contribution in [0.25, 0.3) is 0 Å². The number of rotatable bonds is 13. The minimum absolute atomic E-state index is 0.145. The van der Waals surface area contributed by atoms with Crippen LogP contribution in [0.2, 0.25) is 0 Å². The van der Waals surface area contributed by atoms with E-state index in [0.717, 1.165) is 18.4 Å². The molecule has 1 atom stereocenters. The SMILES string of the molecule is CCCCCCCCCCCC(=O)O/N=C/C(C)c1ccccc1. The maximum atomic E-state index is 11.6. The van der Waals surface area contributed by atoms with Gasteiger partial charge in [-0.25, -0.2) is 4.79 Å². The number of carbonyl (C=O) groups excluding carboxylic acids is 1. The highest BCUT2D eigenvalue weighted by atomic mass is 16.7. The molecule has 24 heavy (non-hydrogen) atoms. The highest BCUT2D eigenvalue weighted by Gasteiger charge is 2.04. The van der Waals surface area contributed by atoms with E-state index < -0.39 is 0 Å². The fourth-order valence-electron chi connectivity index (χ4n) is 2.65. The quantitative estimate of drug-likeness (QED) is 0.186. The number of oxime groups is 1. The van der Waals surface area contributed by atoms with Gasteiger partial charge >= 0.3 is 5.97 Å². The lowest BCUT2D eigenvalue weighted by Crippen LogP contribution is -2.01. The Hall–Kier alpha value is -1.64. The molecule has 3 nitrogen and oxygen atoms in total. The van der Waals surface area contributed by atoms with Crippen molar-refractivity contribution in [3.8, 4) is 0 Å². The van der Waals surface area contributed by atoms with Crippen molar-refractivity contribution in [3.63, 3.8) is 0 Å². The van der Waals surface area contributed by atoms with Crippen LogP contribution in [0.15, 0.2) is 35.5 Å². The molecule has 0 bridgehead atoms. The summed E-state index contributed by atoms with van der Waals surface area (Å²) in [6.45, 7) is 4.28. The smallest absolute Gasteiger partial charge is 0.319 e. The van der Waals surface area contributed by atoms with Gasteiger partial charge in [0.15, 0.2) is 0 Å². The zero-order chi connectivity index (χ0) is 17.5. The van der Waals surface area contributed by atoms with Gasteiger partial charge in [-0.3, -0.25) is 0 Å². The van der Waals surface area contributed by atoms with Crippen LogP contribution < -0.4 is 0 Å². The van der Waals surface area contributed by atoms with E-state index in [-0.39, 0.29) is 11.9 Å². The molecule has 0 radical (unpaired) electrons. The van der Waals surface area contributed by atoms with Gasteiger partial charge in [-0.05, 0) is 12.0 Å². The van der Waals surface area contributed by atoms with E-state index in [2.05, 4.69) is 12.1 Å². The molecule has 1 aromatic rings. The van der Waals surface area contributed by atoms with Gasteiger partial charge in [-0.2, -0.15) is 0 Å². The van der Waals surface area contributed by atoms with Crippen molar-refractivity contribution in [1.29, 1.82) is 0 Å². The first-order valence-electron chi connectivity index (χ1n) is 9.52. The molecule has 0 amide bonds. The Morgan fingerprint density at radius 2 is 1.58 bits per heavy atom. The Kier molecular flexibility index (Phi) is 11.7. The van der Waals surface area contributed by atoms with Gasteiger partial charge in [-0.1, -0.05) is 101 Å². The molecule has 0 aliphatic heterocycles. The number of hydrogen-bond acceptors (Lipinski definition) is 3. The summed E-state index contributed by atoms with van der Waals surface area (Å²) in [6, 6.07) is 10.1. The highest BCUT2D eigenvalue weighted by molar-refractivity contribution is 5.71. The fraction of sp³-hybridized carbons (Fsp3) is 0.619. The van der Waals surface area contributed by atoms with E-state index in [1.165, 1.54) is 44.9 Å². The number of carbonyl (C=O) groups is 1. The molecule has 0 heterocycles. The van der Waals surface area contributed by atoms with E-state index in [4.69, 9.17) is 4.84 Å². The van der Waals surface area contributed by atoms with Crippen molar-refractivity contribution in [3.05, 3.63) is 35.9 Å². The van der Waals surface area contributed by atoms with Crippen LogP contribution in [-0.4, -0.2) is 12.2 Å². The second kappa shape index (κ2) is 13.8. The standard InChI is InChI=1S/C21H33NO2/c1-3-4-5-6-7-8-9-10-14-17-21(23)24-22-18-19(2)20-15-12-11-13-16-20/h11-13,15-16,18-19H,3-10,14,17H2,1-2H3/b22-18+. The summed E-state index contributed by atoms with van der Waals surface area (Å²) >= 11 is 0. The first-order valence-corrected chi connectivity index (χ1v) is 9.52. The van der Waals surface area contributed by atoms with Crippen molar-refractivity contribution < 1.29 is 9.63 Å². The first kappa shape index (κ1) is 20.4. The number of unbranched alkanes of at least 4 members (excludes halogenated alkanes) is 8. The van der Waals surface area contributed by atoms with Crippen LogP contribution in [0, 0.1) is 0 Å². The van der Waals surface area contributed by atoms with Crippen molar-refractivity contribution in [2.45, 2.75) is 84.0 Å². The highest BCUT2D eigenvalue weighted by Crippen LogP contribution is 2.13. The van der Waals surface area contributed by atoms with Crippen molar-refractivity contribution in [2.75, 3.05) is 0 Å². The predicted octanol–water partition coefficient (Wildman–Crippen LogP) is 6.24. The Balaban J connectivity index is 2.01. The van der Waals surface area contributed by atoms with Crippen molar-refractivity contribution in [1.82, 2.24) is 0 Å². The third kappa shape index (κ3) is 10.2. The van der Waals surface area contributed by atoms with Crippen LogP contribution >= 0.6 is 0 Å². The largest absolute Gasteiger partial charge is 0.334 e. The Morgan fingerprint density at radius 1 is 1.00 bits per heavy atom. The molecular weight excluding hydrogens is 298 g/mol. The number of nitrogens with zero attached hydrogens (tertiary/aromatic N) is 1. The van der Waals surface area contributed by atoms with Gasteiger partial charge in [0.1, 0.15) is 0 Å². The summed E-state index contributed by atoms with van der Waals surface area (Å²) in [4.78, 5) is 16.6. The molecule has 0 aliphatic rings. The minimum Gasteiger partial charge on any atom is -0.319 e. The summed E-state index contributed by atoms with van der Waals surface area (Å²) in [6.07, 6.45) is 13.3. The van der Waals surface area contributed by atoms with Gasteiger partial charge in [-0.15, -0.1) is 0 Å². The van der Waals surface area contributed by atoms with Crippen LogP contribution in [0.3, 0.4) is 0 Å². The number of benzene rings is 1. The maximum Gasteiger partial charge on any atom is 0.334 e.